The Morgan fingerprint density at radius 2 is 1.95 bits per heavy atom. The molecule has 0 unspecified atom stereocenters. The Morgan fingerprint density at radius 3 is 2.67 bits per heavy atom. The van der Waals surface area contributed by atoms with Gasteiger partial charge in [-0.15, -0.1) is 0 Å². The van der Waals surface area contributed by atoms with Gasteiger partial charge >= 0.3 is 0 Å². The van der Waals surface area contributed by atoms with Gasteiger partial charge in [-0.3, -0.25) is 4.79 Å². The summed E-state index contributed by atoms with van der Waals surface area (Å²) in [6.45, 7) is 6.74. The van der Waals surface area contributed by atoms with Crippen molar-refractivity contribution in [2.75, 3.05) is 11.9 Å². The molecular weight excluding hydrogens is 286 g/mol. The first-order chi connectivity index (χ1) is 10.1. The zero-order valence-electron chi connectivity index (χ0n) is 12.4. The summed E-state index contributed by atoms with van der Waals surface area (Å²) >= 11 is 1.42. The van der Waals surface area contributed by atoms with E-state index in [1.165, 1.54) is 17.8 Å². The molecule has 0 aromatic carbocycles. The van der Waals surface area contributed by atoms with Crippen molar-refractivity contribution < 1.29 is 0 Å². The van der Waals surface area contributed by atoms with E-state index < -0.39 is 0 Å². The van der Waals surface area contributed by atoms with Crippen molar-refractivity contribution in [1.82, 2.24) is 19.9 Å². The van der Waals surface area contributed by atoms with Gasteiger partial charge in [0.2, 0.25) is 0 Å². The Balaban J connectivity index is 2.08. The Morgan fingerprint density at radius 1 is 1.19 bits per heavy atom. The second kappa shape index (κ2) is 7.21. The molecule has 7 heteroatoms. The summed E-state index contributed by atoms with van der Waals surface area (Å²) in [6.07, 6.45) is 1.04. The standard InChI is InChI=1S/C14H19N5OS/c1-4-5-15-11-6-9(2)16-12(18-11)8-21-14-17-10(3)7-13(20)19-14/h6-7H,4-5,8H2,1-3H3,(H,15,16,18)(H,17,19,20). The molecule has 0 amide bonds. The van der Waals surface area contributed by atoms with Crippen molar-refractivity contribution in [3.8, 4) is 0 Å². The van der Waals surface area contributed by atoms with Gasteiger partial charge < -0.3 is 10.3 Å². The first kappa shape index (κ1) is 15.5. The third kappa shape index (κ3) is 4.86. The minimum Gasteiger partial charge on any atom is -0.370 e. The third-order valence-corrected chi connectivity index (χ3v) is 3.51. The van der Waals surface area contributed by atoms with E-state index in [4.69, 9.17) is 0 Å². The van der Waals surface area contributed by atoms with Crippen LogP contribution in [0, 0.1) is 13.8 Å². The number of nitrogens with zero attached hydrogens (tertiary/aromatic N) is 3. The van der Waals surface area contributed by atoms with Crippen LogP contribution < -0.4 is 10.9 Å². The summed E-state index contributed by atoms with van der Waals surface area (Å²) in [4.78, 5) is 27.3. The molecule has 0 aliphatic heterocycles. The number of thioether (sulfide) groups is 1. The second-order valence-corrected chi connectivity index (χ2v) is 5.68. The zero-order chi connectivity index (χ0) is 15.2. The van der Waals surface area contributed by atoms with Gasteiger partial charge in [-0.2, -0.15) is 0 Å². The van der Waals surface area contributed by atoms with Crippen LogP contribution in [0.3, 0.4) is 0 Å². The number of nitrogens with one attached hydrogen (secondary N) is 2. The Kier molecular flexibility index (Phi) is 5.32. The number of aromatic amines is 1. The molecule has 0 saturated heterocycles. The number of rotatable bonds is 6. The molecule has 0 saturated carbocycles. The van der Waals surface area contributed by atoms with Gasteiger partial charge in [-0.05, 0) is 20.3 Å². The maximum atomic E-state index is 11.4. The lowest BCUT2D eigenvalue weighted by atomic mass is 10.4. The molecule has 6 nitrogen and oxygen atoms in total. The SMILES string of the molecule is CCCNc1cc(C)nc(CSc2nc(C)cc(=O)[nH]2)n1. The summed E-state index contributed by atoms with van der Waals surface area (Å²) < 4.78 is 0. The van der Waals surface area contributed by atoms with Gasteiger partial charge in [0, 0.05) is 30.1 Å². The van der Waals surface area contributed by atoms with Crippen LogP contribution in [0.1, 0.15) is 30.6 Å². The van der Waals surface area contributed by atoms with Gasteiger partial charge in [0.05, 0.1) is 5.75 Å². The van der Waals surface area contributed by atoms with E-state index in [1.54, 1.807) is 6.92 Å². The summed E-state index contributed by atoms with van der Waals surface area (Å²) in [6, 6.07) is 3.40. The number of hydrogen-bond donors (Lipinski definition) is 2. The average Bonchev–Trinajstić information content (AvgIpc) is 2.41. The van der Waals surface area contributed by atoms with Crippen LogP contribution >= 0.6 is 11.8 Å². The molecule has 0 aliphatic carbocycles. The molecule has 0 aliphatic rings. The van der Waals surface area contributed by atoms with E-state index in [0.29, 0.717) is 16.6 Å². The molecule has 2 N–H and O–H groups in total. The monoisotopic (exact) mass is 305 g/mol. The van der Waals surface area contributed by atoms with Crippen LogP contribution in [0.25, 0.3) is 0 Å². The van der Waals surface area contributed by atoms with Crippen LogP contribution in [0.2, 0.25) is 0 Å². The minimum absolute atomic E-state index is 0.138. The van der Waals surface area contributed by atoms with E-state index in [-0.39, 0.29) is 5.56 Å². The molecule has 2 heterocycles. The number of H-pyrrole nitrogens is 1. The molecule has 0 atom stereocenters. The molecule has 2 aromatic rings. The first-order valence-corrected chi connectivity index (χ1v) is 7.84. The number of aromatic nitrogens is 4. The number of hydrogen-bond acceptors (Lipinski definition) is 6. The normalized spacial score (nSPS) is 10.6. The fraction of sp³-hybridized carbons (Fsp3) is 0.429. The largest absolute Gasteiger partial charge is 0.370 e. The second-order valence-electron chi connectivity index (χ2n) is 4.72. The average molecular weight is 305 g/mol. The minimum atomic E-state index is -0.138. The predicted molar refractivity (Wildman–Crippen MR) is 84.7 cm³/mol. The Bertz CT molecular complexity index is 671. The van der Waals surface area contributed by atoms with Crippen molar-refractivity contribution in [3.63, 3.8) is 0 Å². The fourth-order valence-corrected chi connectivity index (χ4v) is 2.57. The number of anilines is 1. The van der Waals surface area contributed by atoms with E-state index in [0.717, 1.165) is 30.3 Å². The van der Waals surface area contributed by atoms with Gasteiger partial charge in [0.25, 0.3) is 5.56 Å². The Hall–Kier alpha value is -1.89. The van der Waals surface area contributed by atoms with Crippen molar-refractivity contribution in [2.24, 2.45) is 0 Å². The third-order valence-electron chi connectivity index (χ3n) is 2.64. The quantitative estimate of drug-likeness (QED) is 0.629. The lowest BCUT2D eigenvalue weighted by Gasteiger charge is -2.07. The Labute approximate surface area is 127 Å². The van der Waals surface area contributed by atoms with Crippen molar-refractivity contribution in [1.29, 1.82) is 0 Å². The van der Waals surface area contributed by atoms with Gasteiger partial charge in [0.1, 0.15) is 11.6 Å². The lowest BCUT2D eigenvalue weighted by molar-refractivity contribution is 0.899. The molecule has 2 aromatic heterocycles. The fourth-order valence-electron chi connectivity index (χ4n) is 1.79. The van der Waals surface area contributed by atoms with Crippen LogP contribution in [0.5, 0.6) is 0 Å². The summed E-state index contributed by atoms with van der Waals surface area (Å²) in [5, 5.41) is 3.85. The molecule has 112 valence electrons. The van der Waals surface area contributed by atoms with Gasteiger partial charge in [0.15, 0.2) is 5.16 Å². The van der Waals surface area contributed by atoms with Crippen LogP contribution in [0.4, 0.5) is 5.82 Å². The van der Waals surface area contributed by atoms with E-state index >= 15 is 0 Å². The molecule has 0 radical (unpaired) electrons. The maximum Gasteiger partial charge on any atom is 0.251 e. The van der Waals surface area contributed by atoms with Crippen LogP contribution in [-0.4, -0.2) is 26.5 Å². The van der Waals surface area contributed by atoms with Gasteiger partial charge in [-0.1, -0.05) is 18.7 Å². The van der Waals surface area contributed by atoms with E-state index in [2.05, 4.69) is 32.2 Å². The summed E-state index contributed by atoms with van der Waals surface area (Å²) in [5.74, 6) is 2.13. The van der Waals surface area contributed by atoms with Crippen LogP contribution in [0.15, 0.2) is 22.1 Å². The highest BCUT2D eigenvalue weighted by Crippen LogP contribution is 2.17. The van der Waals surface area contributed by atoms with Gasteiger partial charge in [-0.25, -0.2) is 15.0 Å². The molecular formula is C14H19N5OS. The maximum absolute atomic E-state index is 11.4. The number of aryl methyl sites for hydroxylation is 2. The molecule has 0 fully saturated rings. The van der Waals surface area contributed by atoms with Crippen molar-refractivity contribution in [3.05, 3.63) is 39.7 Å². The van der Waals surface area contributed by atoms with E-state index in [1.807, 2.05) is 13.0 Å². The van der Waals surface area contributed by atoms with E-state index in [9.17, 15) is 4.79 Å². The topological polar surface area (TPSA) is 83.6 Å². The molecule has 2 rings (SSSR count). The highest BCUT2D eigenvalue weighted by Gasteiger charge is 2.05. The molecule has 0 bridgehead atoms. The molecule has 0 spiro atoms. The smallest absolute Gasteiger partial charge is 0.251 e. The summed E-state index contributed by atoms with van der Waals surface area (Å²) in [5.41, 5.74) is 1.49. The molecule has 21 heavy (non-hydrogen) atoms. The lowest BCUT2D eigenvalue weighted by Crippen LogP contribution is -2.09. The van der Waals surface area contributed by atoms with Crippen LogP contribution in [-0.2, 0) is 5.75 Å². The highest BCUT2D eigenvalue weighted by molar-refractivity contribution is 7.98. The first-order valence-electron chi connectivity index (χ1n) is 6.86. The van der Waals surface area contributed by atoms with Crippen molar-refractivity contribution >= 4 is 17.6 Å². The highest BCUT2D eigenvalue weighted by atomic mass is 32.2. The zero-order valence-corrected chi connectivity index (χ0v) is 13.3. The predicted octanol–water partition coefficient (Wildman–Crippen LogP) is 2.29. The summed E-state index contributed by atoms with van der Waals surface area (Å²) in [7, 11) is 0. The van der Waals surface area contributed by atoms with Crippen molar-refractivity contribution in [2.45, 2.75) is 38.1 Å².